The van der Waals surface area contributed by atoms with Gasteiger partial charge in [0, 0.05) is 6.04 Å². The standard InChI is InChI=1S/C16H23NO/c18-16(15-10-2-1-5-12-17-15)11-6-8-13-7-3-4-9-14(13)16/h3-4,7,9,15,17-18H,1-2,5-6,8,10-12H2. The summed E-state index contributed by atoms with van der Waals surface area (Å²) in [5.74, 6) is 0. The van der Waals surface area contributed by atoms with E-state index in [-0.39, 0.29) is 6.04 Å². The molecule has 2 heteroatoms. The smallest absolute Gasteiger partial charge is 0.105 e. The molecule has 0 spiro atoms. The number of hydrogen-bond donors (Lipinski definition) is 2. The zero-order valence-corrected chi connectivity index (χ0v) is 11.0. The van der Waals surface area contributed by atoms with Crippen molar-refractivity contribution in [3.63, 3.8) is 0 Å². The van der Waals surface area contributed by atoms with Crippen LogP contribution in [0.5, 0.6) is 0 Å². The summed E-state index contributed by atoms with van der Waals surface area (Å²) < 4.78 is 0. The maximum atomic E-state index is 11.2. The Labute approximate surface area is 109 Å². The molecule has 0 saturated carbocycles. The molecule has 0 amide bonds. The van der Waals surface area contributed by atoms with E-state index in [4.69, 9.17) is 0 Å². The van der Waals surface area contributed by atoms with Crippen molar-refractivity contribution in [1.29, 1.82) is 0 Å². The number of benzene rings is 1. The summed E-state index contributed by atoms with van der Waals surface area (Å²) in [5.41, 5.74) is 1.88. The van der Waals surface area contributed by atoms with E-state index in [1.807, 2.05) is 0 Å². The quantitative estimate of drug-likeness (QED) is 0.797. The van der Waals surface area contributed by atoms with Gasteiger partial charge in [0.25, 0.3) is 0 Å². The molecule has 2 aliphatic rings. The topological polar surface area (TPSA) is 32.3 Å². The van der Waals surface area contributed by atoms with Crippen LogP contribution >= 0.6 is 0 Å². The summed E-state index contributed by atoms with van der Waals surface area (Å²) in [6.45, 7) is 1.05. The van der Waals surface area contributed by atoms with Crippen molar-refractivity contribution in [3.8, 4) is 0 Å². The molecule has 98 valence electrons. The van der Waals surface area contributed by atoms with Gasteiger partial charge in [-0.1, -0.05) is 37.1 Å². The van der Waals surface area contributed by atoms with E-state index in [9.17, 15) is 5.11 Å². The first-order valence-electron chi connectivity index (χ1n) is 7.35. The molecule has 18 heavy (non-hydrogen) atoms. The summed E-state index contributed by atoms with van der Waals surface area (Å²) in [7, 11) is 0. The van der Waals surface area contributed by atoms with Crippen LogP contribution in [0.15, 0.2) is 24.3 Å². The Kier molecular flexibility index (Phi) is 3.40. The van der Waals surface area contributed by atoms with Gasteiger partial charge in [0.2, 0.25) is 0 Å². The van der Waals surface area contributed by atoms with Crippen LogP contribution < -0.4 is 5.32 Å². The lowest BCUT2D eigenvalue weighted by Crippen LogP contribution is -2.50. The van der Waals surface area contributed by atoms with Gasteiger partial charge in [-0.25, -0.2) is 0 Å². The lowest BCUT2D eigenvalue weighted by Gasteiger charge is -2.41. The zero-order chi connectivity index (χ0) is 12.4. The Bertz CT molecular complexity index is 409. The Hall–Kier alpha value is -0.860. The van der Waals surface area contributed by atoms with Crippen molar-refractivity contribution in [2.45, 2.75) is 56.6 Å². The van der Waals surface area contributed by atoms with Gasteiger partial charge in [-0.05, 0) is 49.8 Å². The highest BCUT2D eigenvalue weighted by atomic mass is 16.3. The van der Waals surface area contributed by atoms with Gasteiger partial charge >= 0.3 is 0 Å². The van der Waals surface area contributed by atoms with Gasteiger partial charge in [0.1, 0.15) is 5.60 Å². The molecule has 1 heterocycles. The Morgan fingerprint density at radius 2 is 2.00 bits per heavy atom. The van der Waals surface area contributed by atoms with E-state index in [1.165, 1.54) is 30.4 Å². The molecule has 0 aromatic heterocycles. The highest BCUT2D eigenvalue weighted by molar-refractivity contribution is 5.36. The monoisotopic (exact) mass is 245 g/mol. The minimum absolute atomic E-state index is 0.237. The number of aryl methyl sites for hydroxylation is 1. The number of nitrogens with one attached hydrogen (secondary N) is 1. The van der Waals surface area contributed by atoms with Crippen LogP contribution in [0.25, 0.3) is 0 Å². The van der Waals surface area contributed by atoms with Crippen LogP contribution in [0, 0.1) is 0 Å². The Morgan fingerprint density at radius 3 is 2.94 bits per heavy atom. The Balaban J connectivity index is 1.94. The molecule has 1 aromatic rings. The van der Waals surface area contributed by atoms with Crippen molar-refractivity contribution in [1.82, 2.24) is 5.32 Å². The Morgan fingerprint density at radius 1 is 1.11 bits per heavy atom. The largest absolute Gasteiger partial charge is 0.384 e. The first kappa shape index (κ1) is 12.2. The second-order valence-electron chi connectivity index (χ2n) is 5.79. The number of fused-ring (bicyclic) bond motifs is 1. The number of rotatable bonds is 1. The van der Waals surface area contributed by atoms with E-state index in [0.29, 0.717) is 0 Å². The highest BCUT2D eigenvalue weighted by Crippen LogP contribution is 2.39. The van der Waals surface area contributed by atoms with E-state index < -0.39 is 5.60 Å². The normalized spacial score (nSPS) is 32.6. The maximum Gasteiger partial charge on any atom is 0.105 e. The van der Waals surface area contributed by atoms with Gasteiger partial charge in [-0.15, -0.1) is 0 Å². The van der Waals surface area contributed by atoms with E-state index in [2.05, 4.69) is 29.6 Å². The second-order valence-corrected chi connectivity index (χ2v) is 5.79. The second kappa shape index (κ2) is 5.02. The predicted molar refractivity (Wildman–Crippen MR) is 73.5 cm³/mol. The SMILES string of the molecule is OC1(C2CCCCCN2)CCCc2ccccc21. The van der Waals surface area contributed by atoms with Gasteiger partial charge in [-0.3, -0.25) is 0 Å². The van der Waals surface area contributed by atoms with Crippen LogP contribution in [-0.2, 0) is 12.0 Å². The van der Waals surface area contributed by atoms with Crippen LogP contribution in [0.1, 0.15) is 49.7 Å². The number of hydrogen-bond acceptors (Lipinski definition) is 2. The zero-order valence-electron chi connectivity index (χ0n) is 11.0. The number of aliphatic hydroxyl groups is 1. The van der Waals surface area contributed by atoms with Crippen molar-refractivity contribution < 1.29 is 5.11 Å². The molecule has 1 saturated heterocycles. The highest BCUT2D eigenvalue weighted by Gasteiger charge is 2.41. The van der Waals surface area contributed by atoms with E-state index >= 15 is 0 Å². The fraction of sp³-hybridized carbons (Fsp3) is 0.625. The fourth-order valence-corrected chi connectivity index (χ4v) is 3.64. The van der Waals surface area contributed by atoms with Crippen LogP contribution in [0.4, 0.5) is 0 Å². The third-order valence-corrected chi connectivity index (χ3v) is 4.62. The van der Waals surface area contributed by atoms with Crippen molar-refractivity contribution in [2.75, 3.05) is 6.54 Å². The molecular formula is C16H23NO. The summed E-state index contributed by atoms with van der Waals surface area (Å²) >= 11 is 0. The summed E-state index contributed by atoms with van der Waals surface area (Å²) in [6.07, 6.45) is 8.00. The van der Waals surface area contributed by atoms with Crippen molar-refractivity contribution >= 4 is 0 Å². The van der Waals surface area contributed by atoms with Gasteiger partial charge < -0.3 is 10.4 Å². The molecule has 3 rings (SSSR count). The first-order valence-corrected chi connectivity index (χ1v) is 7.35. The fourth-order valence-electron chi connectivity index (χ4n) is 3.64. The molecule has 1 aromatic carbocycles. The average Bonchev–Trinajstić information content (AvgIpc) is 2.69. The van der Waals surface area contributed by atoms with Crippen LogP contribution in [-0.4, -0.2) is 17.7 Å². The minimum atomic E-state index is -0.640. The molecule has 1 fully saturated rings. The lowest BCUT2D eigenvalue weighted by molar-refractivity contribution is -0.0205. The summed E-state index contributed by atoms with van der Waals surface area (Å²) in [5, 5.41) is 14.8. The molecule has 2 nitrogen and oxygen atoms in total. The molecule has 2 N–H and O–H groups in total. The first-order chi connectivity index (χ1) is 8.81. The molecular weight excluding hydrogens is 222 g/mol. The predicted octanol–water partition coefficient (Wildman–Crippen LogP) is 2.74. The van der Waals surface area contributed by atoms with Crippen LogP contribution in [0.2, 0.25) is 0 Å². The van der Waals surface area contributed by atoms with Gasteiger partial charge in [0.15, 0.2) is 0 Å². The van der Waals surface area contributed by atoms with Gasteiger partial charge in [0.05, 0.1) is 0 Å². The van der Waals surface area contributed by atoms with Crippen LogP contribution in [0.3, 0.4) is 0 Å². The molecule has 1 aliphatic carbocycles. The molecule has 0 bridgehead atoms. The molecule has 0 radical (unpaired) electrons. The van der Waals surface area contributed by atoms with Gasteiger partial charge in [-0.2, -0.15) is 0 Å². The molecule has 1 aliphatic heterocycles. The average molecular weight is 245 g/mol. The lowest BCUT2D eigenvalue weighted by atomic mass is 9.73. The van der Waals surface area contributed by atoms with E-state index in [1.54, 1.807) is 0 Å². The minimum Gasteiger partial charge on any atom is -0.384 e. The summed E-state index contributed by atoms with van der Waals surface area (Å²) in [6, 6.07) is 8.69. The van der Waals surface area contributed by atoms with E-state index in [0.717, 1.165) is 32.2 Å². The third kappa shape index (κ3) is 2.08. The summed E-state index contributed by atoms with van der Waals surface area (Å²) in [4.78, 5) is 0. The third-order valence-electron chi connectivity index (χ3n) is 4.62. The molecule has 2 unspecified atom stereocenters. The van der Waals surface area contributed by atoms with Crippen molar-refractivity contribution in [2.24, 2.45) is 0 Å². The van der Waals surface area contributed by atoms with Crippen molar-refractivity contribution in [3.05, 3.63) is 35.4 Å². The molecule has 2 atom stereocenters. The maximum absolute atomic E-state index is 11.2.